The van der Waals surface area contributed by atoms with Crippen molar-refractivity contribution in [1.82, 2.24) is 4.90 Å². The highest BCUT2D eigenvalue weighted by molar-refractivity contribution is 5.80. The number of piperidine rings is 1. The molecule has 0 radical (unpaired) electrons. The molecule has 0 aromatic heterocycles. The highest BCUT2D eigenvalue weighted by atomic mass is 16.5. The van der Waals surface area contributed by atoms with Crippen molar-refractivity contribution in [3.05, 3.63) is 0 Å². The summed E-state index contributed by atoms with van der Waals surface area (Å²) in [6.45, 7) is 4.15. The molecule has 2 aliphatic rings. The second-order valence-electron chi connectivity index (χ2n) is 5.12. The third-order valence-corrected chi connectivity index (χ3v) is 3.89. The van der Waals surface area contributed by atoms with Gasteiger partial charge in [-0.2, -0.15) is 5.26 Å². The fourth-order valence-electron chi connectivity index (χ4n) is 2.79. The molecule has 2 fully saturated rings. The molecule has 17 heavy (non-hydrogen) atoms. The maximum atomic E-state index is 12.5. The van der Waals surface area contributed by atoms with Gasteiger partial charge in [-0.1, -0.05) is 6.92 Å². The summed E-state index contributed by atoms with van der Waals surface area (Å²) in [5.41, 5.74) is 0. The Kier molecular flexibility index (Phi) is 4.01. The maximum absolute atomic E-state index is 12.5. The summed E-state index contributed by atoms with van der Waals surface area (Å²) in [5.74, 6) is 0.502. The molecule has 94 valence electrons. The van der Waals surface area contributed by atoms with Crippen LogP contribution in [0.2, 0.25) is 0 Å². The van der Waals surface area contributed by atoms with Crippen LogP contribution in [0.5, 0.6) is 0 Å². The van der Waals surface area contributed by atoms with Gasteiger partial charge in [0.25, 0.3) is 0 Å². The van der Waals surface area contributed by atoms with E-state index in [2.05, 4.69) is 13.0 Å². The van der Waals surface area contributed by atoms with Crippen molar-refractivity contribution in [3.8, 4) is 6.07 Å². The van der Waals surface area contributed by atoms with E-state index in [-0.39, 0.29) is 23.8 Å². The summed E-state index contributed by atoms with van der Waals surface area (Å²) < 4.78 is 5.37. The Labute approximate surface area is 103 Å². The normalized spacial score (nSPS) is 34.1. The van der Waals surface area contributed by atoms with E-state index in [1.807, 2.05) is 0 Å². The van der Waals surface area contributed by atoms with Crippen LogP contribution in [0.15, 0.2) is 0 Å². The number of amides is 1. The molecule has 2 heterocycles. The summed E-state index contributed by atoms with van der Waals surface area (Å²) >= 11 is 0. The standard InChI is InChI=1S/C13H20N2O2/c1-10-9-17-7-5-12(10)13(16)15-6-3-2-4-11(15)8-14/h10-12H,2-7,9H2,1H3. The van der Waals surface area contributed by atoms with Gasteiger partial charge in [0, 0.05) is 25.7 Å². The Morgan fingerprint density at radius 2 is 2.24 bits per heavy atom. The van der Waals surface area contributed by atoms with E-state index in [9.17, 15) is 4.79 Å². The number of likely N-dealkylation sites (tertiary alicyclic amines) is 1. The van der Waals surface area contributed by atoms with Gasteiger partial charge >= 0.3 is 0 Å². The minimum absolute atomic E-state index is 0.0534. The summed E-state index contributed by atoms with van der Waals surface area (Å²) in [7, 11) is 0. The predicted octanol–water partition coefficient (Wildman–Crippen LogP) is 1.56. The molecule has 0 aromatic rings. The largest absolute Gasteiger partial charge is 0.381 e. The molecule has 3 unspecified atom stereocenters. The molecule has 1 amide bonds. The number of carbonyl (C=O) groups excluding carboxylic acids is 1. The van der Waals surface area contributed by atoms with Gasteiger partial charge < -0.3 is 9.64 Å². The number of nitrogens with zero attached hydrogens (tertiary/aromatic N) is 2. The molecule has 0 aliphatic carbocycles. The SMILES string of the molecule is CC1COCCC1C(=O)N1CCCCC1C#N. The van der Waals surface area contributed by atoms with Crippen LogP contribution in [0.25, 0.3) is 0 Å². The second-order valence-corrected chi connectivity index (χ2v) is 5.12. The van der Waals surface area contributed by atoms with E-state index in [1.54, 1.807) is 4.90 Å². The first kappa shape index (κ1) is 12.4. The molecule has 2 aliphatic heterocycles. The molecule has 0 N–H and O–H groups in total. The first-order chi connectivity index (χ1) is 8.24. The average molecular weight is 236 g/mol. The third-order valence-electron chi connectivity index (χ3n) is 3.89. The lowest BCUT2D eigenvalue weighted by Gasteiger charge is -2.37. The Bertz CT molecular complexity index is 324. The Morgan fingerprint density at radius 1 is 1.41 bits per heavy atom. The minimum atomic E-state index is -0.203. The average Bonchev–Trinajstić information content (AvgIpc) is 2.38. The lowest BCUT2D eigenvalue weighted by atomic mass is 9.87. The summed E-state index contributed by atoms with van der Waals surface area (Å²) in [6, 6.07) is 2.06. The van der Waals surface area contributed by atoms with Gasteiger partial charge in [-0.05, 0) is 31.6 Å². The zero-order valence-corrected chi connectivity index (χ0v) is 10.4. The monoisotopic (exact) mass is 236 g/mol. The third kappa shape index (κ3) is 2.61. The predicted molar refractivity (Wildman–Crippen MR) is 63.1 cm³/mol. The molecule has 0 spiro atoms. The van der Waals surface area contributed by atoms with Crippen LogP contribution in [-0.4, -0.2) is 36.6 Å². The van der Waals surface area contributed by atoms with Crippen LogP contribution >= 0.6 is 0 Å². The van der Waals surface area contributed by atoms with Crippen molar-refractivity contribution in [1.29, 1.82) is 5.26 Å². The molecule has 0 bridgehead atoms. The number of rotatable bonds is 1. The number of ether oxygens (including phenoxy) is 1. The van der Waals surface area contributed by atoms with Gasteiger partial charge in [0.2, 0.25) is 5.91 Å². The zero-order valence-electron chi connectivity index (χ0n) is 10.4. The summed E-state index contributed by atoms with van der Waals surface area (Å²) in [4.78, 5) is 14.3. The first-order valence-electron chi connectivity index (χ1n) is 6.52. The van der Waals surface area contributed by atoms with Crippen LogP contribution in [0.1, 0.15) is 32.6 Å². The Balaban J connectivity index is 2.04. The fourth-order valence-corrected chi connectivity index (χ4v) is 2.79. The molecule has 2 rings (SSSR count). The van der Waals surface area contributed by atoms with Gasteiger partial charge in [-0.25, -0.2) is 0 Å². The number of hydrogen-bond donors (Lipinski definition) is 0. The lowest BCUT2D eigenvalue weighted by molar-refractivity contribution is -0.143. The van der Waals surface area contributed by atoms with Crippen LogP contribution < -0.4 is 0 Å². The van der Waals surface area contributed by atoms with E-state index in [4.69, 9.17) is 10.00 Å². The maximum Gasteiger partial charge on any atom is 0.227 e. The molecule has 2 saturated heterocycles. The van der Waals surface area contributed by atoms with Crippen LogP contribution in [0, 0.1) is 23.2 Å². The fraction of sp³-hybridized carbons (Fsp3) is 0.846. The van der Waals surface area contributed by atoms with Crippen molar-refractivity contribution in [2.45, 2.75) is 38.6 Å². The highest BCUT2D eigenvalue weighted by Crippen LogP contribution is 2.27. The van der Waals surface area contributed by atoms with E-state index in [0.29, 0.717) is 13.2 Å². The van der Waals surface area contributed by atoms with Gasteiger partial charge in [-0.15, -0.1) is 0 Å². The Morgan fingerprint density at radius 3 is 2.94 bits per heavy atom. The van der Waals surface area contributed by atoms with Gasteiger partial charge in [0.1, 0.15) is 6.04 Å². The minimum Gasteiger partial charge on any atom is -0.381 e. The number of hydrogen-bond acceptors (Lipinski definition) is 3. The summed E-state index contributed by atoms with van der Waals surface area (Å²) in [6.07, 6.45) is 3.72. The highest BCUT2D eigenvalue weighted by Gasteiger charge is 2.35. The molecular formula is C13H20N2O2. The van der Waals surface area contributed by atoms with Crippen molar-refractivity contribution < 1.29 is 9.53 Å². The molecule has 0 saturated carbocycles. The number of nitriles is 1. The zero-order chi connectivity index (χ0) is 12.3. The van der Waals surface area contributed by atoms with Gasteiger partial charge in [-0.3, -0.25) is 4.79 Å². The van der Waals surface area contributed by atoms with E-state index in [1.165, 1.54) is 0 Å². The Hall–Kier alpha value is -1.08. The lowest BCUT2D eigenvalue weighted by Crippen LogP contribution is -2.48. The molecule has 0 aromatic carbocycles. The van der Waals surface area contributed by atoms with Crippen LogP contribution in [0.4, 0.5) is 0 Å². The quantitative estimate of drug-likeness (QED) is 0.694. The van der Waals surface area contributed by atoms with E-state index in [0.717, 1.165) is 32.2 Å². The van der Waals surface area contributed by atoms with Crippen LogP contribution in [-0.2, 0) is 9.53 Å². The number of carbonyl (C=O) groups is 1. The molecule has 4 heteroatoms. The van der Waals surface area contributed by atoms with E-state index >= 15 is 0 Å². The van der Waals surface area contributed by atoms with Crippen molar-refractivity contribution in [3.63, 3.8) is 0 Å². The smallest absolute Gasteiger partial charge is 0.227 e. The van der Waals surface area contributed by atoms with E-state index < -0.39 is 0 Å². The van der Waals surface area contributed by atoms with Gasteiger partial charge in [0.15, 0.2) is 0 Å². The second kappa shape index (κ2) is 5.50. The van der Waals surface area contributed by atoms with Crippen molar-refractivity contribution in [2.75, 3.05) is 19.8 Å². The summed E-state index contributed by atoms with van der Waals surface area (Å²) in [5, 5.41) is 9.11. The molecule has 4 nitrogen and oxygen atoms in total. The van der Waals surface area contributed by atoms with Crippen molar-refractivity contribution in [2.24, 2.45) is 11.8 Å². The molecule has 3 atom stereocenters. The van der Waals surface area contributed by atoms with Crippen LogP contribution in [0.3, 0.4) is 0 Å². The topological polar surface area (TPSA) is 53.3 Å². The van der Waals surface area contributed by atoms with Crippen molar-refractivity contribution >= 4 is 5.91 Å². The van der Waals surface area contributed by atoms with Gasteiger partial charge in [0.05, 0.1) is 6.07 Å². The first-order valence-corrected chi connectivity index (χ1v) is 6.52. The molecular weight excluding hydrogens is 216 g/mol.